The monoisotopic (exact) mass is 406 g/mol. The number of likely N-dealkylation sites (N-methyl/N-ethyl adjacent to an activating group) is 1. The molecule has 2 aromatic heterocycles. The van der Waals surface area contributed by atoms with E-state index in [0.29, 0.717) is 11.7 Å². The molecule has 2 heterocycles. The minimum atomic E-state index is -0.333. The number of rotatable bonds is 3. The SMILES string of the molecule is CC(=O)CO.CNC1Cc2ccccc2C1.O=Cc1cc2cc(Cl)sc2[nH]1. The van der Waals surface area contributed by atoms with Crippen molar-refractivity contribution in [3.63, 3.8) is 0 Å². The van der Waals surface area contributed by atoms with Gasteiger partial charge in [-0.3, -0.25) is 9.59 Å². The highest BCUT2D eigenvalue weighted by molar-refractivity contribution is 7.22. The van der Waals surface area contributed by atoms with E-state index in [1.54, 1.807) is 6.07 Å². The second kappa shape index (κ2) is 10.4. The Morgan fingerprint density at radius 2 is 1.93 bits per heavy atom. The van der Waals surface area contributed by atoms with Crippen molar-refractivity contribution in [3.8, 4) is 0 Å². The Balaban J connectivity index is 0.000000157. The van der Waals surface area contributed by atoms with Crippen molar-refractivity contribution in [3.05, 3.63) is 57.6 Å². The molecule has 4 rings (SSSR count). The molecule has 1 aliphatic carbocycles. The van der Waals surface area contributed by atoms with E-state index < -0.39 is 0 Å². The number of aliphatic hydroxyl groups is 1. The number of ketones is 1. The van der Waals surface area contributed by atoms with E-state index in [4.69, 9.17) is 16.7 Å². The Kier molecular flexibility index (Phi) is 8.19. The van der Waals surface area contributed by atoms with Gasteiger partial charge in [-0.05, 0) is 50.1 Å². The van der Waals surface area contributed by atoms with Gasteiger partial charge in [0.25, 0.3) is 0 Å². The first-order chi connectivity index (χ1) is 13.0. The van der Waals surface area contributed by atoms with Crippen LogP contribution in [0.2, 0.25) is 4.34 Å². The molecule has 1 aromatic carbocycles. The average Bonchev–Trinajstić information content (AvgIpc) is 3.34. The lowest BCUT2D eigenvalue weighted by molar-refractivity contribution is -0.119. The van der Waals surface area contributed by atoms with E-state index in [9.17, 15) is 9.59 Å². The van der Waals surface area contributed by atoms with Gasteiger partial charge in [-0.1, -0.05) is 35.9 Å². The van der Waals surface area contributed by atoms with E-state index in [2.05, 4.69) is 34.6 Å². The number of aldehydes is 1. The summed E-state index contributed by atoms with van der Waals surface area (Å²) in [6, 6.07) is 13.0. The molecular weight excluding hydrogens is 384 g/mol. The van der Waals surface area contributed by atoms with Crippen LogP contribution in [-0.2, 0) is 17.6 Å². The van der Waals surface area contributed by atoms with Crippen molar-refractivity contribution in [2.75, 3.05) is 13.7 Å². The predicted octanol–water partition coefficient (Wildman–Crippen LogP) is 3.64. The Labute approximate surface area is 167 Å². The predicted molar refractivity (Wildman–Crippen MR) is 111 cm³/mol. The molecule has 7 heteroatoms. The molecule has 1 aliphatic rings. The van der Waals surface area contributed by atoms with Crippen LogP contribution in [0.15, 0.2) is 36.4 Å². The minimum absolute atomic E-state index is 0.190. The molecule has 0 spiro atoms. The number of halogens is 1. The summed E-state index contributed by atoms with van der Waals surface area (Å²) in [4.78, 5) is 23.7. The van der Waals surface area contributed by atoms with Crippen LogP contribution in [0.25, 0.3) is 10.2 Å². The Hall–Kier alpha value is -1.99. The third-order valence-corrected chi connectivity index (χ3v) is 5.30. The van der Waals surface area contributed by atoms with Crippen molar-refractivity contribution < 1.29 is 14.7 Å². The van der Waals surface area contributed by atoms with Gasteiger partial charge in [0, 0.05) is 11.4 Å². The molecule has 0 unspecified atom stereocenters. The molecule has 0 atom stereocenters. The zero-order valence-corrected chi connectivity index (χ0v) is 16.9. The first kappa shape index (κ1) is 21.3. The number of H-pyrrole nitrogens is 1. The number of thiophene rings is 1. The quantitative estimate of drug-likeness (QED) is 0.580. The number of carbonyl (C=O) groups excluding carboxylic acids is 2. The first-order valence-electron chi connectivity index (χ1n) is 8.54. The first-order valence-corrected chi connectivity index (χ1v) is 9.73. The van der Waals surface area contributed by atoms with E-state index in [-0.39, 0.29) is 12.4 Å². The second-order valence-corrected chi connectivity index (χ2v) is 7.88. The fourth-order valence-electron chi connectivity index (χ4n) is 2.74. The molecule has 0 saturated heterocycles. The second-order valence-electron chi connectivity index (χ2n) is 6.20. The number of aliphatic hydroxyl groups excluding tert-OH is 1. The third-order valence-electron chi connectivity index (χ3n) is 4.11. The van der Waals surface area contributed by atoms with Crippen LogP contribution in [-0.4, -0.2) is 41.9 Å². The summed E-state index contributed by atoms with van der Waals surface area (Å²) in [5, 5.41) is 12.1. The zero-order valence-electron chi connectivity index (χ0n) is 15.3. The third kappa shape index (κ3) is 6.29. The molecule has 0 saturated carbocycles. The number of Topliss-reactive ketones (excluding diaryl/α,β-unsaturated/α-hetero) is 1. The van der Waals surface area contributed by atoms with Crippen molar-refractivity contribution in [2.45, 2.75) is 25.8 Å². The molecule has 0 radical (unpaired) electrons. The number of aromatic amines is 1. The number of nitrogens with one attached hydrogen (secondary N) is 2. The van der Waals surface area contributed by atoms with Gasteiger partial charge in [-0.2, -0.15) is 0 Å². The van der Waals surface area contributed by atoms with E-state index in [0.717, 1.165) is 20.8 Å². The van der Waals surface area contributed by atoms with Crippen molar-refractivity contribution in [1.29, 1.82) is 0 Å². The Morgan fingerprint density at radius 1 is 1.33 bits per heavy atom. The number of carbonyl (C=O) groups is 2. The van der Waals surface area contributed by atoms with Crippen molar-refractivity contribution >= 4 is 45.2 Å². The molecule has 0 aliphatic heterocycles. The van der Waals surface area contributed by atoms with Gasteiger partial charge >= 0.3 is 0 Å². The molecule has 0 amide bonds. The molecule has 3 N–H and O–H groups in total. The molecule has 0 fully saturated rings. The highest BCUT2D eigenvalue weighted by atomic mass is 35.5. The normalized spacial score (nSPS) is 12.6. The standard InChI is InChI=1S/C10H13N.C7H4ClNOS.C3H6O2/c1-11-10-6-8-4-2-3-5-9(8)7-10;8-6-2-4-1-5(3-10)9-7(4)11-6;1-3(5)2-4/h2-5,10-11H,6-7H2,1H3;1-3,9H;4H,2H2,1H3. The van der Waals surface area contributed by atoms with Gasteiger partial charge in [0.05, 0.1) is 10.0 Å². The summed E-state index contributed by atoms with van der Waals surface area (Å²) in [5.41, 5.74) is 3.64. The molecule has 27 heavy (non-hydrogen) atoms. The summed E-state index contributed by atoms with van der Waals surface area (Å²) in [6.07, 6.45) is 3.19. The minimum Gasteiger partial charge on any atom is -0.389 e. The zero-order chi connectivity index (χ0) is 19.8. The average molecular weight is 407 g/mol. The maximum Gasteiger partial charge on any atom is 0.166 e. The van der Waals surface area contributed by atoms with Crippen LogP contribution in [0.1, 0.15) is 28.5 Å². The molecule has 5 nitrogen and oxygen atoms in total. The summed E-state index contributed by atoms with van der Waals surface area (Å²) < 4.78 is 0.740. The number of fused-ring (bicyclic) bond motifs is 2. The molecular formula is C20H23ClN2O3S. The van der Waals surface area contributed by atoms with Crippen LogP contribution in [0.3, 0.4) is 0 Å². The Bertz CT molecular complexity index is 847. The lowest BCUT2D eigenvalue weighted by Crippen LogP contribution is -2.24. The van der Waals surface area contributed by atoms with Crippen LogP contribution in [0, 0.1) is 0 Å². The fraction of sp³-hybridized carbons (Fsp3) is 0.300. The van der Waals surface area contributed by atoms with Crippen LogP contribution in [0.5, 0.6) is 0 Å². The summed E-state index contributed by atoms with van der Waals surface area (Å²) in [6.45, 7) is 1.000. The lowest BCUT2D eigenvalue weighted by atomic mass is 10.1. The summed E-state index contributed by atoms with van der Waals surface area (Å²) in [7, 11) is 2.04. The fourth-order valence-corrected chi connectivity index (χ4v) is 3.87. The number of hydrogen-bond acceptors (Lipinski definition) is 5. The van der Waals surface area contributed by atoms with Crippen molar-refractivity contribution in [2.24, 2.45) is 0 Å². The largest absolute Gasteiger partial charge is 0.389 e. The van der Waals surface area contributed by atoms with Gasteiger partial charge < -0.3 is 15.4 Å². The smallest absolute Gasteiger partial charge is 0.166 e. The summed E-state index contributed by atoms with van der Waals surface area (Å²) >= 11 is 7.17. The van der Waals surface area contributed by atoms with Crippen LogP contribution in [0.4, 0.5) is 0 Å². The molecule has 144 valence electrons. The number of hydrogen-bond donors (Lipinski definition) is 3. The van der Waals surface area contributed by atoms with E-state index >= 15 is 0 Å². The van der Waals surface area contributed by atoms with Gasteiger partial charge in [0.1, 0.15) is 11.4 Å². The van der Waals surface area contributed by atoms with Crippen molar-refractivity contribution in [1.82, 2.24) is 10.3 Å². The van der Waals surface area contributed by atoms with Gasteiger partial charge in [-0.25, -0.2) is 0 Å². The highest BCUT2D eigenvalue weighted by Gasteiger charge is 2.18. The van der Waals surface area contributed by atoms with Gasteiger partial charge in [-0.15, -0.1) is 11.3 Å². The van der Waals surface area contributed by atoms with Gasteiger partial charge in [0.15, 0.2) is 12.1 Å². The van der Waals surface area contributed by atoms with Crippen LogP contribution < -0.4 is 5.32 Å². The topological polar surface area (TPSA) is 82.2 Å². The maximum atomic E-state index is 10.3. The Morgan fingerprint density at radius 3 is 2.37 bits per heavy atom. The molecule has 0 bridgehead atoms. The number of benzene rings is 1. The maximum absolute atomic E-state index is 10.3. The number of aromatic nitrogens is 1. The van der Waals surface area contributed by atoms with Crippen LogP contribution >= 0.6 is 22.9 Å². The van der Waals surface area contributed by atoms with E-state index in [1.807, 2.05) is 13.1 Å². The van der Waals surface area contributed by atoms with E-state index in [1.165, 1.54) is 42.2 Å². The highest BCUT2D eigenvalue weighted by Crippen LogP contribution is 2.28. The lowest BCUT2D eigenvalue weighted by Gasteiger charge is -2.04. The van der Waals surface area contributed by atoms with Gasteiger partial charge in [0.2, 0.25) is 0 Å². The summed E-state index contributed by atoms with van der Waals surface area (Å²) in [5.74, 6) is -0.190. The molecule has 3 aromatic rings.